The van der Waals surface area contributed by atoms with Gasteiger partial charge in [-0.25, -0.2) is 9.59 Å². The summed E-state index contributed by atoms with van der Waals surface area (Å²) in [4.78, 5) is 24.3. The van der Waals surface area contributed by atoms with Gasteiger partial charge in [0.2, 0.25) is 0 Å². The lowest BCUT2D eigenvalue weighted by atomic mass is 10.1. The Balaban J connectivity index is 1.36. The molecule has 2 aromatic rings. The number of fused-ring (bicyclic) bond motifs is 1. The van der Waals surface area contributed by atoms with E-state index in [1.807, 2.05) is 6.07 Å². The number of esters is 2. The monoisotopic (exact) mass is 354 g/mol. The van der Waals surface area contributed by atoms with E-state index < -0.39 is 11.9 Å². The van der Waals surface area contributed by atoms with E-state index in [-0.39, 0.29) is 18.3 Å². The quantitative estimate of drug-likeness (QED) is 0.621. The average Bonchev–Trinajstić information content (AvgIpc) is 3.28. The van der Waals surface area contributed by atoms with Crippen LogP contribution in [0.2, 0.25) is 0 Å². The number of carbonyl (C=O) groups is 2. The van der Waals surface area contributed by atoms with Gasteiger partial charge in [0.05, 0.1) is 23.8 Å². The second-order valence-corrected chi connectivity index (χ2v) is 6.22. The standard InChI is InChI=1S/C20H18O6/c21-19(13-4-2-1-3-5-13)25-15-8-6-14(7-9-15)20(22)26-17-12-24-16-10-11-23-18(16)17/h1-9,16-18H,10-12H2/t16-,17?,18?/m1/s1. The molecule has 0 aliphatic carbocycles. The Morgan fingerprint density at radius 2 is 1.62 bits per heavy atom. The number of hydrogen-bond donors (Lipinski definition) is 0. The molecule has 0 aromatic heterocycles. The zero-order chi connectivity index (χ0) is 17.9. The molecular weight excluding hydrogens is 336 g/mol. The van der Waals surface area contributed by atoms with Crippen LogP contribution < -0.4 is 4.74 Å². The second kappa shape index (κ2) is 7.27. The lowest BCUT2D eigenvalue weighted by Crippen LogP contribution is -2.32. The third kappa shape index (κ3) is 3.47. The molecule has 2 saturated heterocycles. The highest BCUT2D eigenvalue weighted by molar-refractivity contribution is 5.92. The van der Waals surface area contributed by atoms with Gasteiger partial charge in [0.1, 0.15) is 11.9 Å². The van der Waals surface area contributed by atoms with Gasteiger partial charge in [0.25, 0.3) is 0 Å². The van der Waals surface area contributed by atoms with Gasteiger partial charge in [-0.2, -0.15) is 0 Å². The number of hydrogen-bond acceptors (Lipinski definition) is 6. The Morgan fingerprint density at radius 3 is 2.38 bits per heavy atom. The van der Waals surface area contributed by atoms with Crippen molar-refractivity contribution in [2.24, 2.45) is 0 Å². The summed E-state index contributed by atoms with van der Waals surface area (Å²) in [7, 11) is 0. The molecule has 26 heavy (non-hydrogen) atoms. The summed E-state index contributed by atoms with van der Waals surface area (Å²) in [6.07, 6.45) is 0.295. The summed E-state index contributed by atoms with van der Waals surface area (Å²) in [5.74, 6) is -0.539. The van der Waals surface area contributed by atoms with Crippen molar-refractivity contribution in [3.05, 3.63) is 65.7 Å². The van der Waals surface area contributed by atoms with Crippen LogP contribution in [0.1, 0.15) is 27.1 Å². The molecule has 3 atom stereocenters. The summed E-state index contributed by atoms with van der Waals surface area (Å²) < 4.78 is 21.9. The Hall–Kier alpha value is -2.70. The molecule has 2 aliphatic rings. The van der Waals surface area contributed by atoms with Crippen molar-refractivity contribution in [2.45, 2.75) is 24.7 Å². The van der Waals surface area contributed by atoms with Crippen molar-refractivity contribution >= 4 is 11.9 Å². The molecule has 2 heterocycles. The van der Waals surface area contributed by atoms with Crippen LogP contribution in [0, 0.1) is 0 Å². The Morgan fingerprint density at radius 1 is 0.885 bits per heavy atom. The second-order valence-electron chi connectivity index (χ2n) is 6.22. The minimum Gasteiger partial charge on any atom is -0.453 e. The van der Waals surface area contributed by atoms with Crippen molar-refractivity contribution in [3.8, 4) is 5.75 Å². The van der Waals surface area contributed by atoms with Gasteiger partial charge >= 0.3 is 11.9 Å². The van der Waals surface area contributed by atoms with E-state index in [1.54, 1.807) is 48.5 Å². The van der Waals surface area contributed by atoms with Crippen LogP contribution in [-0.2, 0) is 14.2 Å². The van der Waals surface area contributed by atoms with Gasteiger partial charge in [-0.1, -0.05) is 18.2 Å². The lowest BCUT2D eigenvalue weighted by Gasteiger charge is -2.16. The van der Waals surface area contributed by atoms with E-state index in [0.717, 1.165) is 6.42 Å². The van der Waals surface area contributed by atoms with Gasteiger partial charge in [0.15, 0.2) is 6.10 Å². The summed E-state index contributed by atoms with van der Waals surface area (Å²) in [5.41, 5.74) is 0.842. The Kier molecular flexibility index (Phi) is 4.69. The van der Waals surface area contributed by atoms with Crippen LogP contribution >= 0.6 is 0 Å². The smallest absolute Gasteiger partial charge is 0.343 e. The summed E-state index contributed by atoms with van der Waals surface area (Å²) in [6.45, 7) is 0.985. The molecule has 6 heteroatoms. The average molecular weight is 354 g/mol. The molecule has 0 bridgehead atoms. The van der Waals surface area contributed by atoms with Crippen molar-refractivity contribution in [3.63, 3.8) is 0 Å². The fourth-order valence-electron chi connectivity index (χ4n) is 3.14. The molecule has 134 valence electrons. The third-order valence-corrected chi connectivity index (χ3v) is 4.49. The molecule has 2 aliphatic heterocycles. The molecule has 6 nitrogen and oxygen atoms in total. The van der Waals surface area contributed by atoms with Gasteiger partial charge in [-0.15, -0.1) is 0 Å². The summed E-state index contributed by atoms with van der Waals surface area (Å²) in [6, 6.07) is 15.0. The molecule has 4 rings (SSSR count). The van der Waals surface area contributed by atoms with Crippen LogP contribution in [0.5, 0.6) is 5.75 Å². The first-order valence-corrected chi connectivity index (χ1v) is 8.52. The highest BCUT2D eigenvalue weighted by Crippen LogP contribution is 2.29. The van der Waals surface area contributed by atoms with Crippen LogP contribution in [0.15, 0.2) is 54.6 Å². The Bertz CT molecular complexity index is 786. The predicted molar refractivity (Wildman–Crippen MR) is 91.1 cm³/mol. The van der Waals surface area contributed by atoms with Crippen molar-refractivity contribution < 1.29 is 28.5 Å². The van der Waals surface area contributed by atoms with Gasteiger partial charge in [-0.3, -0.25) is 0 Å². The third-order valence-electron chi connectivity index (χ3n) is 4.49. The van der Waals surface area contributed by atoms with E-state index in [2.05, 4.69) is 0 Å². The highest BCUT2D eigenvalue weighted by atomic mass is 16.6. The van der Waals surface area contributed by atoms with Crippen LogP contribution in [0.25, 0.3) is 0 Å². The molecule has 0 N–H and O–H groups in total. The normalized spacial score (nSPS) is 24.1. The number of rotatable bonds is 4. The minimum atomic E-state index is -0.451. The first-order valence-electron chi connectivity index (χ1n) is 8.52. The zero-order valence-electron chi connectivity index (χ0n) is 14.0. The first-order chi connectivity index (χ1) is 12.7. The summed E-state index contributed by atoms with van der Waals surface area (Å²) >= 11 is 0. The van der Waals surface area contributed by atoms with Crippen molar-refractivity contribution in [2.75, 3.05) is 13.2 Å². The fourth-order valence-corrected chi connectivity index (χ4v) is 3.14. The maximum atomic E-state index is 12.3. The number of carbonyl (C=O) groups excluding carboxylic acids is 2. The molecule has 2 aromatic carbocycles. The molecule has 2 fully saturated rings. The molecule has 2 unspecified atom stereocenters. The molecule has 0 saturated carbocycles. The lowest BCUT2D eigenvalue weighted by molar-refractivity contribution is -0.0148. The molecular formula is C20H18O6. The van der Waals surface area contributed by atoms with E-state index in [4.69, 9.17) is 18.9 Å². The van der Waals surface area contributed by atoms with Gasteiger partial charge in [-0.05, 0) is 42.8 Å². The largest absolute Gasteiger partial charge is 0.453 e. The van der Waals surface area contributed by atoms with Gasteiger partial charge in [0, 0.05) is 6.61 Å². The maximum Gasteiger partial charge on any atom is 0.343 e. The van der Waals surface area contributed by atoms with E-state index >= 15 is 0 Å². The minimum absolute atomic E-state index is 0.0209. The molecule has 0 amide bonds. The molecule has 0 radical (unpaired) electrons. The fraction of sp³-hybridized carbons (Fsp3) is 0.300. The van der Waals surface area contributed by atoms with Crippen LogP contribution in [0.3, 0.4) is 0 Å². The summed E-state index contributed by atoms with van der Waals surface area (Å²) in [5, 5.41) is 0. The maximum absolute atomic E-state index is 12.3. The predicted octanol–water partition coefficient (Wildman–Crippen LogP) is 2.62. The SMILES string of the molecule is O=C(Oc1ccc(C(=O)OC2CO[C@@H]3CCOC23)cc1)c1ccccc1. The highest BCUT2D eigenvalue weighted by Gasteiger charge is 2.44. The molecule has 0 spiro atoms. The van der Waals surface area contributed by atoms with E-state index in [1.165, 1.54) is 0 Å². The topological polar surface area (TPSA) is 71.1 Å². The number of benzene rings is 2. The Labute approximate surface area is 150 Å². The van der Waals surface area contributed by atoms with Gasteiger partial charge < -0.3 is 18.9 Å². The number of ether oxygens (including phenoxy) is 4. The van der Waals surface area contributed by atoms with Crippen LogP contribution in [0.4, 0.5) is 0 Å². The first kappa shape index (κ1) is 16.8. The van der Waals surface area contributed by atoms with Crippen LogP contribution in [-0.4, -0.2) is 43.5 Å². The zero-order valence-corrected chi connectivity index (χ0v) is 14.0. The van der Waals surface area contributed by atoms with Crippen molar-refractivity contribution in [1.82, 2.24) is 0 Å². The van der Waals surface area contributed by atoms with E-state index in [9.17, 15) is 9.59 Å². The van der Waals surface area contributed by atoms with Crippen molar-refractivity contribution in [1.29, 1.82) is 0 Å². The van der Waals surface area contributed by atoms with E-state index in [0.29, 0.717) is 30.1 Å².